The smallest absolute Gasteiger partial charge is 0.312 e. The number of benzene rings is 1. The Bertz CT molecular complexity index is 1120. The third kappa shape index (κ3) is 3.33. The van der Waals surface area contributed by atoms with E-state index in [0.29, 0.717) is 22.0 Å². The number of nitrogens with one attached hydrogen (secondary N) is 1. The second kappa shape index (κ2) is 6.80. The first-order valence-electron chi connectivity index (χ1n) is 7.87. The van der Waals surface area contributed by atoms with Gasteiger partial charge in [0.05, 0.1) is 23.2 Å². The number of carbonyl (C=O) groups is 1. The Balaban J connectivity index is 2.14. The fourth-order valence-electron chi connectivity index (χ4n) is 2.75. The average molecular weight is 345 g/mol. The molecule has 3 aromatic rings. The Morgan fingerprint density at radius 2 is 2.15 bits per heavy atom. The third-order valence-electron chi connectivity index (χ3n) is 3.96. The molecule has 0 bridgehead atoms. The molecule has 0 unspecified atom stereocenters. The van der Waals surface area contributed by atoms with Gasteiger partial charge in [-0.1, -0.05) is 24.0 Å². The van der Waals surface area contributed by atoms with Crippen molar-refractivity contribution in [2.45, 2.75) is 13.0 Å². The first-order chi connectivity index (χ1) is 12.4. The summed E-state index contributed by atoms with van der Waals surface area (Å²) < 4.78 is 2.66. The summed E-state index contributed by atoms with van der Waals surface area (Å²) in [4.78, 5) is 23.9. The molecule has 2 radical (unpaired) electrons. The lowest BCUT2D eigenvalue weighted by molar-refractivity contribution is 0.246. The molecule has 0 saturated carbocycles. The Morgan fingerprint density at radius 3 is 2.81 bits per heavy atom. The van der Waals surface area contributed by atoms with E-state index < -0.39 is 17.6 Å². The van der Waals surface area contributed by atoms with Gasteiger partial charge >= 0.3 is 6.03 Å². The molecule has 3 N–H and O–H groups in total. The lowest BCUT2D eigenvalue weighted by atomic mass is 10.0. The number of primary amides is 1. The lowest BCUT2D eigenvalue weighted by Crippen LogP contribution is -2.35. The molecule has 128 valence electrons. The van der Waals surface area contributed by atoms with E-state index in [1.165, 1.54) is 0 Å². The van der Waals surface area contributed by atoms with Crippen LogP contribution in [0.4, 0.5) is 4.79 Å². The molecule has 1 atom stereocenters. The molecule has 0 spiro atoms. The van der Waals surface area contributed by atoms with Crippen LogP contribution in [0.1, 0.15) is 29.8 Å². The van der Waals surface area contributed by atoms with E-state index in [4.69, 9.17) is 13.7 Å². The van der Waals surface area contributed by atoms with Crippen LogP contribution in [0, 0.1) is 11.8 Å². The number of fused-ring (bicyclic) bond motifs is 1. The van der Waals surface area contributed by atoms with Crippen LogP contribution >= 0.6 is 0 Å². The molecule has 8 heteroatoms. The second-order valence-corrected chi connectivity index (χ2v) is 5.90. The highest BCUT2D eigenvalue weighted by atomic mass is 16.2. The Kier molecular flexibility index (Phi) is 4.54. The van der Waals surface area contributed by atoms with Crippen LogP contribution in [-0.4, -0.2) is 28.3 Å². The minimum absolute atomic E-state index is 0.397. The highest BCUT2D eigenvalue weighted by Gasteiger charge is 2.14. The van der Waals surface area contributed by atoms with E-state index in [1.807, 2.05) is 6.07 Å². The Morgan fingerprint density at radius 1 is 1.38 bits per heavy atom. The summed E-state index contributed by atoms with van der Waals surface area (Å²) in [6.07, 6.45) is 3.43. The lowest BCUT2D eigenvalue weighted by Gasteiger charge is -2.18. The number of carbonyl (C=O) groups excluding carboxylic acids is 1. The molecule has 2 heterocycles. The second-order valence-electron chi connectivity index (χ2n) is 5.90. The molecule has 0 aliphatic carbocycles. The number of urea groups is 1. The number of hydrogen-bond acceptors (Lipinski definition) is 3. The van der Waals surface area contributed by atoms with Crippen LogP contribution in [-0.2, 0) is 7.05 Å². The fraction of sp³-hybridized carbons (Fsp3) is 0.167. The maximum atomic E-state index is 12.8. The van der Waals surface area contributed by atoms with Crippen molar-refractivity contribution >= 4 is 24.8 Å². The minimum Gasteiger partial charge on any atom is -0.367 e. The van der Waals surface area contributed by atoms with E-state index in [2.05, 4.69) is 22.3 Å². The number of hydrogen-bond donors (Lipinski definition) is 2. The SMILES string of the molecule is [B]n1c([C@H](C)NC(N)=O)cc2cccc(C#Cc3cnn(C)c3)c2c1=O. The molecule has 0 saturated heterocycles. The van der Waals surface area contributed by atoms with Crippen molar-refractivity contribution < 1.29 is 4.79 Å². The van der Waals surface area contributed by atoms with Crippen molar-refractivity contribution in [3.8, 4) is 11.8 Å². The molecule has 26 heavy (non-hydrogen) atoms. The summed E-state index contributed by atoms with van der Waals surface area (Å²) in [5.74, 6) is 5.99. The van der Waals surface area contributed by atoms with Crippen molar-refractivity contribution in [2.24, 2.45) is 12.8 Å². The molecular formula is C18H16BN5O2. The van der Waals surface area contributed by atoms with Gasteiger partial charge in [-0.15, -0.1) is 0 Å². The molecule has 0 aliphatic rings. The number of nitrogens with zero attached hydrogens (tertiary/aromatic N) is 3. The molecular weight excluding hydrogens is 329 g/mol. The summed E-state index contributed by atoms with van der Waals surface area (Å²) in [5, 5.41) is 7.68. The van der Waals surface area contributed by atoms with E-state index in [9.17, 15) is 9.59 Å². The molecule has 0 aliphatic heterocycles. The number of aryl methyl sites for hydroxylation is 1. The van der Waals surface area contributed by atoms with Gasteiger partial charge in [0.1, 0.15) is 0 Å². The van der Waals surface area contributed by atoms with Gasteiger partial charge in [-0.25, -0.2) is 4.79 Å². The van der Waals surface area contributed by atoms with E-state index >= 15 is 0 Å². The molecule has 2 aromatic heterocycles. The van der Waals surface area contributed by atoms with Crippen LogP contribution in [0.15, 0.2) is 41.5 Å². The maximum absolute atomic E-state index is 12.8. The quantitative estimate of drug-likeness (QED) is 0.531. The van der Waals surface area contributed by atoms with E-state index in [0.717, 1.165) is 10.0 Å². The minimum atomic E-state index is -0.693. The summed E-state index contributed by atoms with van der Waals surface area (Å²) in [7, 11) is 7.76. The van der Waals surface area contributed by atoms with E-state index in [1.54, 1.807) is 49.2 Å². The van der Waals surface area contributed by atoms with Gasteiger partial charge in [0.2, 0.25) is 13.5 Å². The van der Waals surface area contributed by atoms with Gasteiger partial charge < -0.3 is 15.5 Å². The maximum Gasteiger partial charge on any atom is 0.312 e. The Labute approximate surface area is 151 Å². The summed E-state index contributed by atoms with van der Waals surface area (Å²) >= 11 is 0. The summed E-state index contributed by atoms with van der Waals surface area (Å²) in [5.41, 5.74) is 6.51. The molecule has 0 fully saturated rings. The average Bonchev–Trinajstić information content (AvgIpc) is 3.00. The molecule has 2 amide bonds. The zero-order chi connectivity index (χ0) is 18.8. The van der Waals surface area contributed by atoms with Crippen LogP contribution in [0.3, 0.4) is 0 Å². The topological polar surface area (TPSA) is 94.9 Å². The largest absolute Gasteiger partial charge is 0.367 e. The van der Waals surface area contributed by atoms with Gasteiger partial charge in [-0.05, 0) is 24.4 Å². The zero-order valence-electron chi connectivity index (χ0n) is 14.4. The Hall–Kier alpha value is -3.47. The van der Waals surface area contributed by atoms with Crippen molar-refractivity contribution in [2.75, 3.05) is 0 Å². The van der Waals surface area contributed by atoms with Crippen LogP contribution in [0.25, 0.3) is 10.8 Å². The van der Waals surface area contributed by atoms with Crippen molar-refractivity contribution in [3.05, 3.63) is 63.8 Å². The number of aromatic nitrogens is 3. The number of amides is 2. The fourth-order valence-corrected chi connectivity index (χ4v) is 2.75. The number of rotatable bonds is 2. The molecule has 1 aromatic carbocycles. The van der Waals surface area contributed by atoms with Gasteiger partial charge in [0.25, 0.3) is 0 Å². The third-order valence-corrected chi connectivity index (χ3v) is 3.96. The van der Waals surface area contributed by atoms with Gasteiger partial charge in [-0.2, -0.15) is 5.10 Å². The first kappa shape index (κ1) is 17.4. The summed E-state index contributed by atoms with van der Waals surface area (Å²) in [6.45, 7) is 1.70. The standard InChI is InChI=1S/C18H16BN5O2/c1-11(22-18(20)26)15-8-14-5-3-4-13(16(14)17(25)24(15)19)7-6-12-9-21-23(2)10-12/h3-5,8-11H,1-2H3,(H3,20,22,26)/t11-/m0/s1. The predicted octanol–water partition coefficient (Wildman–Crippen LogP) is 0.796. The van der Waals surface area contributed by atoms with Crippen LogP contribution in [0.2, 0.25) is 0 Å². The number of nitrogens with two attached hydrogens (primary N) is 1. The normalized spacial score (nSPS) is 11.6. The van der Waals surface area contributed by atoms with Crippen molar-refractivity contribution in [3.63, 3.8) is 0 Å². The molecule has 3 rings (SSSR count). The first-order valence-corrected chi connectivity index (χ1v) is 7.87. The van der Waals surface area contributed by atoms with E-state index in [-0.39, 0.29) is 0 Å². The van der Waals surface area contributed by atoms with Crippen molar-refractivity contribution in [1.29, 1.82) is 0 Å². The van der Waals surface area contributed by atoms with Gasteiger partial charge in [0, 0.05) is 24.5 Å². The van der Waals surface area contributed by atoms with Crippen molar-refractivity contribution in [1.82, 2.24) is 19.6 Å². The molecule has 7 nitrogen and oxygen atoms in total. The van der Waals surface area contributed by atoms with Gasteiger partial charge in [0.15, 0.2) is 0 Å². The van der Waals surface area contributed by atoms with Crippen LogP contribution < -0.4 is 16.6 Å². The highest BCUT2D eigenvalue weighted by Crippen LogP contribution is 2.19. The monoisotopic (exact) mass is 345 g/mol. The zero-order valence-corrected chi connectivity index (χ0v) is 14.4. The summed E-state index contributed by atoms with van der Waals surface area (Å²) in [6, 6.07) is 5.91. The highest BCUT2D eigenvalue weighted by molar-refractivity contribution is 6.08. The predicted molar refractivity (Wildman–Crippen MR) is 99.7 cm³/mol. The van der Waals surface area contributed by atoms with Gasteiger partial charge in [-0.3, -0.25) is 9.48 Å². The van der Waals surface area contributed by atoms with Crippen LogP contribution in [0.5, 0.6) is 0 Å². The number of pyridine rings is 1.